The number of hydrogen-bond acceptors (Lipinski definition) is 5. The normalized spacial score (nSPS) is 12.2. The van der Waals surface area contributed by atoms with Crippen molar-refractivity contribution in [3.8, 4) is 11.3 Å². The fourth-order valence-corrected chi connectivity index (χ4v) is 3.00. The molecule has 1 aliphatic carbocycles. The van der Waals surface area contributed by atoms with Crippen LogP contribution in [0.1, 0.15) is 110 Å². The van der Waals surface area contributed by atoms with E-state index in [1.54, 1.807) is 24.8 Å². The van der Waals surface area contributed by atoms with Crippen LogP contribution in [0.4, 0.5) is 4.39 Å². The predicted octanol–water partition coefficient (Wildman–Crippen LogP) is 9.49. The SMILES string of the molecule is CC1CC1.CCCC.CCCCC(C)NC(=O)C(C)(C)F.Cc1ccc(-c2cnccn2)cc1C=N.Cc1ccccn1. The van der Waals surface area contributed by atoms with Crippen LogP contribution in [0.2, 0.25) is 0 Å². The second kappa shape index (κ2) is 23.0. The molecule has 1 atom stereocenters. The van der Waals surface area contributed by atoms with Gasteiger partial charge in [0, 0.05) is 42.1 Å². The van der Waals surface area contributed by atoms with Crippen molar-refractivity contribution < 1.29 is 9.18 Å². The lowest BCUT2D eigenvalue weighted by Gasteiger charge is -2.18. The zero-order valence-corrected chi connectivity index (χ0v) is 28.1. The Hall–Kier alpha value is -3.48. The van der Waals surface area contributed by atoms with E-state index in [0.717, 1.165) is 53.3 Å². The third kappa shape index (κ3) is 21.0. The van der Waals surface area contributed by atoms with Gasteiger partial charge >= 0.3 is 0 Å². The lowest BCUT2D eigenvalue weighted by Crippen LogP contribution is -2.43. The number of halogens is 1. The number of amides is 1. The molecule has 2 N–H and O–H groups in total. The zero-order chi connectivity index (χ0) is 32.7. The van der Waals surface area contributed by atoms with Gasteiger partial charge in [0.05, 0.1) is 11.9 Å². The molecule has 1 amide bonds. The summed E-state index contributed by atoms with van der Waals surface area (Å²) in [5.74, 6) is 0.566. The monoisotopic (exact) mass is 593 g/mol. The maximum Gasteiger partial charge on any atom is 0.257 e. The summed E-state index contributed by atoms with van der Waals surface area (Å²) in [6, 6.07) is 11.9. The lowest BCUT2D eigenvalue weighted by atomic mass is 10.0. The van der Waals surface area contributed by atoms with Gasteiger partial charge in [0.25, 0.3) is 5.91 Å². The largest absolute Gasteiger partial charge is 0.351 e. The van der Waals surface area contributed by atoms with Gasteiger partial charge in [-0.1, -0.05) is 84.4 Å². The number of pyridine rings is 1. The number of alkyl halides is 1. The average molecular weight is 594 g/mol. The van der Waals surface area contributed by atoms with Crippen molar-refractivity contribution in [1.82, 2.24) is 20.3 Å². The molecule has 1 saturated carbocycles. The average Bonchev–Trinajstić information content (AvgIpc) is 3.79. The second-order valence-electron chi connectivity index (χ2n) is 11.4. The molecule has 2 aromatic heterocycles. The highest BCUT2D eigenvalue weighted by Crippen LogP contribution is 2.26. The Balaban J connectivity index is 0.000000565. The number of benzene rings is 1. The summed E-state index contributed by atoms with van der Waals surface area (Å²) in [6.45, 7) is 17.1. The molecular weight excluding hydrogens is 537 g/mol. The highest BCUT2D eigenvalue weighted by atomic mass is 19.1. The summed E-state index contributed by atoms with van der Waals surface area (Å²) in [7, 11) is 0. The van der Waals surface area contributed by atoms with Crippen molar-refractivity contribution in [1.29, 1.82) is 5.41 Å². The maximum atomic E-state index is 13.1. The Morgan fingerprint density at radius 1 is 1.05 bits per heavy atom. The molecule has 2 heterocycles. The second-order valence-corrected chi connectivity index (χ2v) is 11.4. The molecule has 0 bridgehead atoms. The van der Waals surface area contributed by atoms with E-state index >= 15 is 0 Å². The quantitative estimate of drug-likeness (QED) is 0.254. The molecule has 6 nitrogen and oxygen atoms in total. The van der Waals surface area contributed by atoms with Crippen molar-refractivity contribution in [3.63, 3.8) is 0 Å². The lowest BCUT2D eigenvalue weighted by molar-refractivity contribution is -0.131. The van der Waals surface area contributed by atoms with Crippen molar-refractivity contribution in [2.24, 2.45) is 5.92 Å². The van der Waals surface area contributed by atoms with E-state index in [4.69, 9.17) is 5.41 Å². The molecule has 0 radical (unpaired) electrons. The van der Waals surface area contributed by atoms with Gasteiger partial charge < -0.3 is 10.7 Å². The van der Waals surface area contributed by atoms with Gasteiger partial charge in [-0.05, 0) is 76.3 Å². The molecule has 7 heteroatoms. The molecular formula is C36H56FN5O. The van der Waals surface area contributed by atoms with Crippen LogP contribution in [0.3, 0.4) is 0 Å². The Morgan fingerprint density at radius 2 is 1.70 bits per heavy atom. The van der Waals surface area contributed by atoms with Crippen molar-refractivity contribution >= 4 is 12.1 Å². The molecule has 0 saturated heterocycles. The molecule has 0 aliphatic heterocycles. The molecule has 1 unspecified atom stereocenters. The van der Waals surface area contributed by atoms with Gasteiger partial charge in [0.15, 0.2) is 5.67 Å². The maximum absolute atomic E-state index is 13.1. The number of hydrogen-bond donors (Lipinski definition) is 2. The van der Waals surface area contributed by atoms with E-state index in [9.17, 15) is 9.18 Å². The first-order valence-corrected chi connectivity index (χ1v) is 15.6. The minimum absolute atomic E-state index is 0.0717. The summed E-state index contributed by atoms with van der Waals surface area (Å²) < 4.78 is 13.1. The van der Waals surface area contributed by atoms with Gasteiger partial charge in [0.2, 0.25) is 0 Å². The Morgan fingerprint density at radius 3 is 2.09 bits per heavy atom. The number of carbonyl (C=O) groups is 1. The van der Waals surface area contributed by atoms with Crippen molar-refractivity contribution in [2.45, 2.75) is 119 Å². The summed E-state index contributed by atoms with van der Waals surface area (Å²) in [5, 5.41) is 9.92. The first-order chi connectivity index (χ1) is 20.4. The van der Waals surface area contributed by atoms with E-state index in [-0.39, 0.29) is 6.04 Å². The summed E-state index contributed by atoms with van der Waals surface area (Å²) in [5.41, 5.74) is 3.15. The first-order valence-electron chi connectivity index (χ1n) is 15.6. The Labute approximate surface area is 260 Å². The van der Waals surface area contributed by atoms with Gasteiger partial charge in [-0.3, -0.25) is 19.7 Å². The molecule has 1 fully saturated rings. The number of aromatic nitrogens is 3. The van der Waals surface area contributed by atoms with Crippen LogP contribution in [0.25, 0.3) is 11.3 Å². The van der Waals surface area contributed by atoms with Crippen LogP contribution in [0, 0.1) is 25.2 Å². The molecule has 1 aliphatic rings. The zero-order valence-electron chi connectivity index (χ0n) is 28.1. The van der Waals surface area contributed by atoms with Crippen molar-refractivity contribution in [2.75, 3.05) is 0 Å². The Bertz CT molecular complexity index is 1130. The van der Waals surface area contributed by atoms with E-state index in [1.807, 2.05) is 57.2 Å². The fraction of sp³-hybridized carbons (Fsp3) is 0.528. The number of nitrogens with zero attached hydrogens (tertiary/aromatic N) is 3. The van der Waals surface area contributed by atoms with Gasteiger partial charge in [-0.2, -0.15) is 0 Å². The van der Waals surface area contributed by atoms with Gasteiger partial charge in [-0.25, -0.2) is 4.39 Å². The number of carbonyl (C=O) groups excluding carboxylic acids is 1. The van der Waals surface area contributed by atoms with Crippen LogP contribution in [-0.4, -0.2) is 38.8 Å². The molecule has 3 aromatic rings. The van der Waals surface area contributed by atoms with Gasteiger partial charge in [0.1, 0.15) is 0 Å². The molecule has 1 aromatic carbocycles. The summed E-state index contributed by atoms with van der Waals surface area (Å²) in [6.07, 6.45) is 16.9. The topological polar surface area (TPSA) is 91.6 Å². The van der Waals surface area contributed by atoms with E-state index in [0.29, 0.717) is 0 Å². The molecule has 238 valence electrons. The standard InChI is InChI=1S/C12H11N3.C10H20FNO.C6H7N.C4H8.C4H10/c1-9-2-3-10(6-11(9)7-13)12-8-14-4-5-15-12;1-5-6-7-8(2)12-9(13)10(3,4)11;1-6-4-2-3-5-7-6;1-4-2-3-4;1-3-4-2/h2-8,13H,1H3;8H,5-7H2,1-4H3,(H,12,13);2-5H,1H3;4H,2-3H2,1H3;3-4H2,1-2H3. The highest BCUT2D eigenvalue weighted by Gasteiger charge is 2.27. The highest BCUT2D eigenvalue weighted by molar-refractivity contribution is 5.84. The first kappa shape index (κ1) is 39.5. The Kier molecular flexibility index (Phi) is 21.2. The van der Waals surface area contributed by atoms with E-state index < -0.39 is 11.6 Å². The van der Waals surface area contributed by atoms with Crippen LogP contribution >= 0.6 is 0 Å². The summed E-state index contributed by atoms with van der Waals surface area (Å²) >= 11 is 0. The van der Waals surface area contributed by atoms with Crippen LogP contribution in [-0.2, 0) is 4.79 Å². The van der Waals surface area contributed by atoms with E-state index in [2.05, 4.69) is 48.0 Å². The number of unbranched alkanes of at least 4 members (excludes halogenated alkanes) is 2. The number of nitrogens with one attached hydrogen (secondary N) is 2. The van der Waals surface area contributed by atoms with Crippen LogP contribution in [0.5, 0.6) is 0 Å². The summed E-state index contributed by atoms with van der Waals surface area (Å²) in [4.78, 5) is 23.4. The fourth-order valence-electron chi connectivity index (χ4n) is 3.00. The van der Waals surface area contributed by atoms with Gasteiger partial charge in [-0.15, -0.1) is 0 Å². The molecule has 0 spiro atoms. The smallest absolute Gasteiger partial charge is 0.257 e. The van der Waals surface area contributed by atoms with E-state index in [1.165, 1.54) is 45.7 Å². The third-order valence-corrected chi connectivity index (χ3v) is 6.38. The van der Waals surface area contributed by atoms with Crippen LogP contribution < -0.4 is 5.32 Å². The minimum Gasteiger partial charge on any atom is -0.351 e. The van der Waals surface area contributed by atoms with Crippen LogP contribution in [0.15, 0.2) is 61.2 Å². The number of aryl methyl sites for hydroxylation is 2. The predicted molar refractivity (Wildman–Crippen MR) is 180 cm³/mol. The van der Waals surface area contributed by atoms with Crippen molar-refractivity contribution in [3.05, 3.63) is 78.0 Å². The minimum atomic E-state index is -1.76. The number of rotatable bonds is 8. The molecule has 4 rings (SSSR count). The third-order valence-electron chi connectivity index (χ3n) is 6.38. The molecule has 43 heavy (non-hydrogen) atoms.